The molecule has 5 saturated heterocycles. The second-order valence-corrected chi connectivity index (χ2v) is 18.3. The third kappa shape index (κ3) is 5.02. The van der Waals surface area contributed by atoms with Crippen molar-refractivity contribution in [2.75, 3.05) is 0 Å². The third-order valence-electron chi connectivity index (χ3n) is 9.31. The summed E-state index contributed by atoms with van der Waals surface area (Å²) in [4.78, 5) is 57.1. The van der Waals surface area contributed by atoms with E-state index in [2.05, 4.69) is 0 Å². The van der Waals surface area contributed by atoms with Gasteiger partial charge in [-0.25, -0.2) is 4.79 Å². The van der Waals surface area contributed by atoms with Gasteiger partial charge in [0.15, 0.2) is 15.8 Å². The van der Waals surface area contributed by atoms with Crippen LogP contribution in [-0.4, -0.2) is 72.7 Å². The molecular formula is C34H28N2O8S4. The average Bonchev–Trinajstić information content (AvgIpc) is 3.54. The minimum atomic E-state index is -1.54. The predicted octanol–water partition coefficient (Wildman–Crippen LogP) is 5.01. The van der Waals surface area contributed by atoms with Crippen LogP contribution in [0.4, 0.5) is 0 Å². The van der Waals surface area contributed by atoms with Gasteiger partial charge in [0.05, 0.1) is 31.0 Å². The Morgan fingerprint density at radius 2 is 1.46 bits per heavy atom. The van der Waals surface area contributed by atoms with Gasteiger partial charge in [-0.15, -0.1) is 0 Å². The number of piperazine rings is 1. The molecule has 6 aliphatic heterocycles. The molecule has 7 aliphatic rings. The Balaban J connectivity index is 1.13. The molecule has 0 aromatic heterocycles. The lowest BCUT2D eigenvalue weighted by Gasteiger charge is -2.55. The summed E-state index contributed by atoms with van der Waals surface area (Å²) in [5, 5.41) is 10.8. The number of amides is 2. The second kappa shape index (κ2) is 12.4. The van der Waals surface area contributed by atoms with Gasteiger partial charge in [0.25, 0.3) is 11.8 Å². The average molecular weight is 721 g/mol. The monoisotopic (exact) mass is 720 g/mol. The van der Waals surface area contributed by atoms with Gasteiger partial charge in [0, 0.05) is 12.8 Å². The maximum Gasteiger partial charge on any atom is 0.340 e. The van der Waals surface area contributed by atoms with E-state index in [1.54, 1.807) is 46.2 Å². The van der Waals surface area contributed by atoms with Crippen molar-refractivity contribution in [2.45, 2.75) is 59.4 Å². The molecule has 0 radical (unpaired) electrons. The van der Waals surface area contributed by atoms with E-state index in [9.17, 15) is 14.7 Å². The molecule has 2 aromatic rings. The SMILES string of the molecule is O=C(Cc1ccccc1)O[C@H]1C=CC=C2CC34SSSSC5(CC6=COC=C[C@H](OC(=O)[C@H](O)c7ccccc7)[C@H]6N5C3=O)C(=O)N4[C@@H]21. The quantitative estimate of drug-likeness (QED) is 0.319. The van der Waals surface area contributed by atoms with Crippen molar-refractivity contribution in [3.05, 3.63) is 120 Å². The number of fused-ring (bicyclic) bond motifs is 5. The third-order valence-corrected chi connectivity index (χ3v) is 16.5. The fourth-order valence-electron chi connectivity index (χ4n) is 7.25. The van der Waals surface area contributed by atoms with Crippen LogP contribution in [-0.2, 0) is 39.8 Å². The Kier molecular flexibility index (Phi) is 8.19. The van der Waals surface area contributed by atoms with Crippen molar-refractivity contribution in [3.63, 3.8) is 0 Å². The fourth-order valence-corrected chi connectivity index (χ4v) is 15.0. The van der Waals surface area contributed by atoms with Crippen LogP contribution < -0.4 is 0 Å². The van der Waals surface area contributed by atoms with Gasteiger partial charge < -0.3 is 29.1 Å². The van der Waals surface area contributed by atoms with Crippen molar-refractivity contribution in [2.24, 2.45) is 0 Å². The summed E-state index contributed by atoms with van der Waals surface area (Å²) in [5.74, 6) is -1.90. The van der Waals surface area contributed by atoms with Crippen LogP contribution in [0.15, 0.2) is 109 Å². The lowest BCUT2D eigenvalue weighted by Crippen LogP contribution is -2.74. The summed E-state index contributed by atoms with van der Waals surface area (Å²) in [6.07, 6.45) is 6.99. The molecule has 1 aliphatic carbocycles. The number of hydrogen-bond donors (Lipinski definition) is 1. The number of carbonyl (C=O) groups excluding carboxylic acids is 4. The number of benzene rings is 2. The molecular weight excluding hydrogens is 693 g/mol. The summed E-state index contributed by atoms with van der Waals surface area (Å²) in [5.41, 5.74) is 2.62. The number of allylic oxidation sites excluding steroid dienone is 2. The van der Waals surface area contributed by atoms with Crippen molar-refractivity contribution in [1.82, 2.24) is 9.80 Å². The van der Waals surface area contributed by atoms with Gasteiger partial charge in [0.1, 0.15) is 12.2 Å². The predicted molar refractivity (Wildman–Crippen MR) is 183 cm³/mol. The van der Waals surface area contributed by atoms with Crippen molar-refractivity contribution >= 4 is 65.0 Å². The highest BCUT2D eigenvalue weighted by atomic mass is 33.7. The zero-order chi connectivity index (χ0) is 33.0. The summed E-state index contributed by atoms with van der Waals surface area (Å²) in [6.45, 7) is 0. The van der Waals surface area contributed by atoms with Gasteiger partial charge in [0.2, 0.25) is 0 Å². The van der Waals surface area contributed by atoms with Crippen LogP contribution in [0.2, 0.25) is 0 Å². The van der Waals surface area contributed by atoms with Gasteiger partial charge in [-0.1, -0.05) is 72.8 Å². The molecule has 7 atom stereocenters. The normalized spacial score (nSPS) is 31.9. The zero-order valence-electron chi connectivity index (χ0n) is 25.1. The maximum absolute atomic E-state index is 15.1. The number of rotatable bonds is 6. The number of nitrogens with zero attached hydrogens (tertiary/aromatic N) is 2. The molecule has 246 valence electrons. The molecule has 6 heterocycles. The summed E-state index contributed by atoms with van der Waals surface area (Å²) < 4.78 is 17.6. The first kappa shape index (κ1) is 31.7. The maximum atomic E-state index is 15.1. The van der Waals surface area contributed by atoms with Crippen molar-refractivity contribution < 1.29 is 38.5 Å². The molecule has 2 bridgehead atoms. The van der Waals surface area contributed by atoms with E-state index in [0.717, 1.165) is 11.1 Å². The molecule has 0 saturated carbocycles. The molecule has 2 amide bonds. The van der Waals surface area contributed by atoms with Crippen LogP contribution in [0.3, 0.4) is 0 Å². The number of hydrogen-bond acceptors (Lipinski definition) is 12. The van der Waals surface area contributed by atoms with Gasteiger partial charge in [-0.3, -0.25) is 14.4 Å². The number of carbonyl (C=O) groups is 4. The van der Waals surface area contributed by atoms with E-state index in [-0.39, 0.29) is 31.1 Å². The molecule has 14 heteroatoms. The van der Waals surface area contributed by atoms with Crippen LogP contribution >= 0.6 is 41.2 Å². The molecule has 48 heavy (non-hydrogen) atoms. The zero-order valence-corrected chi connectivity index (χ0v) is 28.3. The Bertz CT molecular complexity index is 1800. The van der Waals surface area contributed by atoms with Crippen LogP contribution in [0, 0.1) is 0 Å². The minimum Gasteiger partial charge on any atom is -0.473 e. The Hall–Kier alpha value is -3.56. The van der Waals surface area contributed by atoms with Crippen molar-refractivity contribution in [3.8, 4) is 0 Å². The molecule has 2 unspecified atom stereocenters. The summed E-state index contributed by atoms with van der Waals surface area (Å²) >= 11 is 0. The van der Waals surface area contributed by atoms with Crippen LogP contribution in [0.1, 0.15) is 30.1 Å². The summed E-state index contributed by atoms with van der Waals surface area (Å²) in [7, 11) is 5.45. The molecule has 5 fully saturated rings. The van der Waals surface area contributed by atoms with E-state index in [1.807, 2.05) is 42.5 Å². The van der Waals surface area contributed by atoms with Gasteiger partial charge >= 0.3 is 11.9 Å². The van der Waals surface area contributed by atoms with E-state index in [1.165, 1.54) is 59.8 Å². The van der Waals surface area contributed by atoms with Crippen LogP contribution in [0.25, 0.3) is 0 Å². The first-order valence-corrected chi connectivity index (χ1v) is 20.1. The van der Waals surface area contributed by atoms with Crippen molar-refractivity contribution in [1.29, 1.82) is 0 Å². The number of esters is 2. The Morgan fingerprint density at radius 3 is 2.15 bits per heavy atom. The van der Waals surface area contributed by atoms with Gasteiger partial charge in [-0.2, -0.15) is 0 Å². The number of ether oxygens (including phenoxy) is 3. The van der Waals surface area contributed by atoms with E-state index in [0.29, 0.717) is 11.1 Å². The lowest BCUT2D eigenvalue weighted by atomic mass is 9.96. The van der Waals surface area contributed by atoms with E-state index >= 15 is 9.59 Å². The Labute approximate surface area is 291 Å². The molecule has 1 N–H and O–H groups in total. The minimum absolute atomic E-state index is 0.0756. The van der Waals surface area contributed by atoms with E-state index in [4.69, 9.17) is 14.2 Å². The topological polar surface area (TPSA) is 123 Å². The highest BCUT2D eigenvalue weighted by molar-refractivity contribution is 9.26. The highest BCUT2D eigenvalue weighted by Gasteiger charge is 2.75. The molecule has 9 rings (SSSR count). The summed E-state index contributed by atoms with van der Waals surface area (Å²) in [6, 6.07) is 16.2. The smallest absolute Gasteiger partial charge is 0.340 e. The first-order valence-electron chi connectivity index (χ1n) is 15.3. The van der Waals surface area contributed by atoms with E-state index < -0.39 is 52.1 Å². The van der Waals surface area contributed by atoms with Gasteiger partial charge in [-0.05, 0) is 75.7 Å². The highest BCUT2D eigenvalue weighted by Crippen LogP contribution is 2.69. The molecule has 10 nitrogen and oxygen atoms in total. The molecule has 2 spiro atoms. The second-order valence-electron chi connectivity index (χ2n) is 12.1. The fraction of sp³-hybridized carbons (Fsp3) is 0.294. The number of aliphatic hydroxyl groups is 1. The Morgan fingerprint density at radius 1 is 0.854 bits per heavy atom. The number of aliphatic hydroxyl groups excluding tert-OH is 1. The first-order chi connectivity index (χ1) is 23.3. The molecule has 2 aromatic carbocycles. The van der Waals surface area contributed by atoms with Crippen LogP contribution in [0.5, 0.6) is 0 Å². The largest absolute Gasteiger partial charge is 0.473 e. The lowest BCUT2D eigenvalue weighted by molar-refractivity contribution is -0.173. The standard InChI is InChI=1S/C34H28N2O8S4/c37-26(16-20-8-3-1-4-9-20)43-24-13-7-12-22-17-33-31(40)36-28-23(18-34(36,46-48-47-45-33)32(41)35(33)27(22)24)19-42-15-14-25(28)44-30(39)29(38)21-10-5-2-6-11-21/h1-15,19,24-25,27-29,38H,16-18H2/t24-,25-,27-,28-,29+,33?,34?/m0/s1.